The molecular formula is C15H22BrNO. The van der Waals surface area contributed by atoms with Crippen molar-refractivity contribution < 1.29 is 4.74 Å². The zero-order valence-electron chi connectivity index (χ0n) is 11.0. The highest BCUT2D eigenvalue weighted by Crippen LogP contribution is 2.19. The summed E-state index contributed by atoms with van der Waals surface area (Å²) < 4.78 is 7.14. The number of hydrogen-bond donors (Lipinski definition) is 1. The molecule has 1 aliphatic rings. The molecule has 0 aliphatic heterocycles. The minimum Gasteiger partial charge on any atom is -0.372 e. The van der Waals surface area contributed by atoms with Gasteiger partial charge in [-0.05, 0) is 37.0 Å². The van der Waals surface area contributed by atoms with Crippen LogP contribution in [0, 0.1) is 0 Å². The van der Waals surface area contributed by atoms with Crippen LogP contribution in [0.4, 0.5) is 0 Å². The number of halogens is 1. The largest absolute Gasteiger partial charge is 0.372 e. The molecule has 1 fully saturated rings. The molecule has 0 saturated heterocycles. The normalized spacial score (nSPS) is 16.8. The molecule has 1 saturated carbocycles. The Bertz CT molecular complexity index is 365. The van der Waals surface area contributed by atoms with Gasteiger partial charge in [-0.25, -0.2) is 0 Å². The molecular weight excluding hydrogens is 290 g/mol. The monoisotopic (exact) mass is 311 g/mol. The van der Waals surface area contributed by atoms with Crippen molar-refractivity contribution in [1.29, 1.82) is 0 Å². The van der Waals surface area contributed by atoms with Gasteiger partial charge in [0.25, 0.3) is 0 Å². The number of hydrogen-bond acceptors (Lipinski definition) is 2. The van der Waals surface area contributed by atoms with Crippen LogP contribution in [0.1, 0.15) is 38.2 Å². The summed E-state index contributed by atoms with van der Waals surface area (Å²) >= 11 is 3.49. The van der Waals surface area contributed by atoms with E-state index in [1.54, 1.807) is 0 Å². The SMILES string of the molecule is CCCC(CNC1CC1)OCc1cccc(Br)c1. The fourth-order valence-corrected chi connectivity index (χ4v) is 2.44. The van der Waals surface area contributed by atoms with Crippen molar-refractivity contribution >= 4 is 15.9 Å². The van der Waals surface area contributed by atoms with Gasteiger partial charge < -0.3 is 10.1 Å². The maximum atomic E-state index is 6.02. The van der Waals surface area contributed by atoms with Gasteiger partial charge in [0.15, 0.2) is 0 Å². The number of rotatable bonds is 8. The fourth-order valence-electron chi connectivity index (χ4n) is 1.99. The Morgan fingerprint density at radius 1 is 1.44 bits per heavy atom. The molecule has 0 heterocycles. The van der Waals surface area contributed by atoms with Crippen LogP contribution in [0.3, 0.4) is 0 Å². The van der Waals surface area contributed by atoms with Crippen molar-refractivity contribution in [3.63, 3.8) is 0 Å². The minimum absolute atomic E-state index is 0.342. The highest BCUT2D eigenvalue weighted by molar-refractivity contribution is 9.10. The molecule has 2 nitrogen and oxygen atoms in total. The van der Waals surface area contributed by atoms with Crippen molar-refractivity contribution in [3.05, 3.63) is 34.3 Å². The molecule has 0 spiro atoms. The highest BCUT2D eigenvalue weighted by atomic mass is 79.9. The van der Waals surface area contributed by atoms with E-state index in [4.69, 9.17) is 4.74 Å². The number of nitrogens with one attached hydrogen (secondary N) is 1. The van der Waals surface area contributed by atoms with Gasteiger partial charge in [-0.2, -0.15) is 0 Å². The van der Waals surface area contributed by atoms with E-state index in [-0.39, 0.29) is 0 Å². The van der Waals surface area contributed by atoms with Gasteiger partial charge in [-0.1, -0.05) is 41.4 Å². The third kappa shape index (κ3) is 5.09. The Morgan fingerprint density at radius 2 is 2.28 bits per heavy atom. The van der Waals surface area contributed by atoms with Crippen LogP contribution in [0.2, 0.25) is 0 Å². The van der Waals surface area contributed by atoms with E-state index in [0.29, 0.717) is 12.7 Å². The predicted octanol–water partition coefficient (Wildman–Crippen LogP) is 3.89. The lowest BCUT2D eigenvalue weighted by molar-refractivity contribution is 0.0345. The van der Waals surface area contributed by atoms with E-state index in [0.717, 1.165) is 23.5 Å². The molecule has 0 radical (unpaired) electrons. The molecule has 1 aromatic carbocycles. The van der Waals surface area contributed by atoms with E-state index >= 15 is 0 Å². The second kappa shape index (κ2) is 7.27. The Morgan fingerprint density at radius 3 is 2.94 bits per heavy atom. The standard InChI is InChI=1S/C15H22BrNO/c1-2-4-15(10-17-14-7-8-14)18-11-12-5-3-6-13(16)9-12/h3,5-6,9,14-15,17H,2,4,7-8,10-11H2,1H3. The first kappa shape index (κ1) is 14.0. The van der Waals surface area contributed by atoms with Crippen LogP contribution in [0.15, 0.2) is 28.7 Å². The van der Waals surface area contributed by atoms with Crippen molar-refractivity contribution in [2.75, 3.05) is 6.54 Å². The van der Waals surface area contributed by atoms with Gasteiger partial charge in [0, 0.05) is 17.1 Å². The summed E-state index contributed by atoms with van der Waals surface area (Å²) in [6.45, 7) is 3.91. The molecule has 1 unspecified atom stereocenters. The van der Waals surface area contributed by atoms with Gasteiger partial charge in [0.2, 0.25) is 0 Å². The van der Waals surface area contributed by atoms with Gasteiger partial charge in [-0.3, -0.25) is 0 Å². The minimum atomic E-state index is 0.342. The summed E-state index contributed by atoms with van der Waals surface area (Å²) in [7, 11) is 0. The lowest BCUT2D eigenvalue weighted by Gasteiger charge is -2.18. The van der Waals surface area contributed by atoms with Gasteiger partial charge in [0.1, 0.15) is 0 Å². The Labute approximate surface area is 118 Å². The molecule has 100 valence electrons. The maximum absolute atomic E-state index is 6.02. The van der Waals surface area contributed by atoms with Crippen molar-refractivity contribution in [1.82, 2.24) is 5.32 Å². The first-order valence-corrected chi connectivity index (χ1v) is 7.66. The van der Waals surface area contributed by atoms with Crippen LogP contribution in [-0.4, -0.2) is 18.7 Å². The summed E-state index contributed by atoms with van der Waals surface area (Å²) in [5, 5.41) is 3.55. The molecule has 0 bridgehead atoms. The van der Waals surface area contributed by atoms with E-state index < -0.39 is 0 Å². The fraction of sp³-hybridized carbons (Fsp3) is 0.600. The third-order valence-corrected chi connectivity index (χ3v) is 3.69. The summed E-state index contributed by atoms with van der Waals surface area (Å²) in [5.74, 6) is 0. The summed E-state index contributed by atoms with van der Waals surface area (Å²) in [4.78, 5) is 0. The Hall–Kier alpha value is -0.380. The third-order valence-electron chi connectivity index (χ3n) is 3.20. The van der Waals surface area contributed by atoms with Gasteiger partial charge in [0.05, 0.1) is 12.7 Å². The van der Waals surface area contributed by atoms with Gasteiger partial charge in [-0.15, -0.1) is 0 Å². The lowest BCUT2D eigenvalue weighted by atomic mass is 10.2. The summed E-state index contributed by atoms with van der Waals surface area (Å²) in [5.41, 5.74) is 1.23. The quantitative estimate of drug-likeness (QED) is 0.786. The predicted molar refractivity (Wildman–Crippen MR) is 78.7 cm³/mol. The second-order valence-corrected chi connectivity index (χ2v) is 5.95. The molecule has 2 rings (SSSR count). The Balaban J connectivity index is 1.76. The first-order chi connectivity index (χ1) is 8.78. The van der Waals surface area contributed by atoms with Crippen molar-refractivity contribution in [2.45, 2.75) is 51.4 Å². The molecule has 18 heavy (non-hydrogen) atoms. The zero-order chi connectivity index (χ0) is 12.8. The number of ether oxygens (including phenoxy) is 1. The van der Waals surface area contributed by atoms with Crippen molar-refractivity contribution in [3.8, 4) is 0 Å². The van der Waals surface area contributed by atoms with Crippen LogP contribution < -0.4 is 5.32 Å². The lowest BCUT2D eigenvalue weighted by Crippen LogP contribution is -2.30. The van der Waals surface area contributed by atoms with E-state index in [9.17, 15) is 0 Å². The summed E-state index contributed by atoms with van der Waals surface area (Å²) in [6.07, 6.45) is 5.33. The van der Waals surface area contributed by atoms with Gasteiger partial charge >= 0.3 is 0 Å². The van der Waals surface area contributed by atoms with E-state index in [1.165, 1.54) is 24.8 Å². The Kier molecular flexibility index (Phi) is 5.67. The van der Waals surface area contributed by atoms with E-state index in [2.05, 4.69) is 46.4 Å². The molecule has 1 aromatic rings. The average Bonchev–Trinajstić information content (AvgIpc) is 3.17. The van der Waals surface area contributed by atoms with Crippen LogP contribution in [0.25, 0.3) is 0 Å². The molecule has 1 N–H and O–H groups in total. The molecule has 1 aliphatic carbocycles. The van der Waals surface area contributed by atoms with Crippen molar-refractivity contribution in [2.24, 2.45) is 0 Å². The van der Waals surface area contributed by atoms with Crippen LogP contribution >= 0.6 is 15.9 Å². The number of benzene rings is 1. The first-order valence-electron chi connectivity index (χ1n) is 6.87. The average molecular weight is 312 g/mol. The van der Waals surface area contributed by atoms with E-state index in [1.807, 2.05) is 6.07 Å². The molecule has 3 heteroatoms. The second-order valence-electron chi connectivity index (χ2n) is 5.03. The summed E-state index contributed by atoms with van der Waals surface area (Å²) in [6, 6.07) is 9.10. The highest BCUT2D eigenvalue weighted by Gasteiger charge is 2.21. The smallest absolute Gasteiger partial charge is 0.0721 e. The maximum Gasteiger partial charge on any atom is 0.0721 e. The molecule has 1 atom stereocenters. The van der Waals surface area contributed by atoms with Crippen LogP contribution in [0.5, 0.6) is 0 Å². The zero-order valence-corrected chi connectivity index (χ0v) is 12.6. The molecule has 0 aromatic heterocycles. The van der Waals surface area contributed by atoms with Crippen LogP contribution in [-0.2, 0) is 11.3 Å². The topological polar surface area (TPSA) is 21.3 Å². The molecule has 0 amide bonds.